The van der Waals surface area contributed by atoms with Crippen molar-refractivity contribution in [1.82, 2.24) is 0 Å². The van der Waals surface area contributed by atoms with E-state index >= 15 is 0 Å². The van der Waals surface area contributed by atoms with Crippen LogP contribution in [0.15, 0.2) is 0 Å². The summed E-state index contributed by atoms with van der Waals surface area (Å²) in [6.07, 6.45) is 0. The van der Waals surface area contributed by atoms with E-state index in [0.717, 1.165) is 0 Å². The van der Waals surface area contributed by atoms with Crippen molar-refractivity contribution in [3.63, 3.8) is 0 Å². The highest BCUT2D eigenvalue weighted by molar-refractivity contribution is 14.1. The van der Waals surface area contributed by atoms with E-state index in [0.29, 0.717) is 0 Å². The van der Waals surface area contributed by atoms with Crippen molar-refractivity contribution in [2.45, 2.75) is 9.09 Å². The fourth-order valence-corrected chi connectivity index (χ4v) is 2.25. The first-order valence-corrected chi connectivity index (χ1v) is 5.88. The van der Waals surface area contributed by atoms with Gasteiger partial charge >= 0.3 is 0 Å². The third-order valence-electron chi connectivity index (χ3n) is 0.674. The molecule has 8 heavy (non-hydrogen) atoms. The molecule has 0 aromatic carbocycles. The van der Waals surface area contributed by atoms with Crippen molar-refractivity contribution in [1.29, 1.82) is 0 Å². The Bertz CT molecular complexity index is 151. The number of halogens is 2. The van der Waals surface area contributed by atoms with Gasteiger partial charge in [-0.25, -0.2) is 8.42 Å². The summed E-state index contributed by atoms with van der Waals surface area (Å²) in [6, 6.07) is 0. The minimum Gasteiger partial charge on any atom is -0.227 e. The third kappa shape index (κ3) is 2.63. The molecule has 0 aliphatic carbocycles. The van der Waals surface area contributed by atoms with Gasteiger partial charge in [-0.05, 0) is 0 Å². The summed E-state index contributed by atoms with van der Waals surface area (Å²) >= 11 is 4.77. The fourth-order valence-electron chi connectivity index (χ4n) is 0.126. The Kier molecular flexibility index (Phi) is 3.85. The van der Waals surface area contributed by atoms with Gasteiger partial charge in [0.1, 0.15) is 0 Å². The molecular formula is C3H6BrIO2S. The smallest absolute Gasteiger partial charge is 0.172 e. The van der Waals surface area contributed by atoms with Gasteiger partial charge in [0.25, 0.3) is 0 Å². The minimum absolute atomic E-state index is 0.200. The van der Waals surface area contributed by atoms with Gasteiger partial charge in [0.05, 0.1) is 0 Å². The largest absolute Gasteiger partial charge is 0.227 e. The zero-order valence-corrected chi connectivity index (χ0v) is 8.83. The molecule has 0 heterocycles. The van der Waals surface area contributed by atoms with Crippen molar-refractivity contribution < 1.29 is 8.42 Å². The fraction of sp³-hybridized carbons (Fsp3) is 1.00. The molecule has 50 valence electrons. The minimum atomic E-state index is -2.83. The van der Waals surface area contributed by atoms with Crippen molar-refractivity contribution in [3.05, 3.63) is 0 Å². The molecule has 0 saturated heterocycles. The maximum absolute atomic E-state index is 10.6. The van der Waals surface area contributed by atoms with Gasteiger partial charge in [-0.2, -0.15) is 0 Å². The quantitative estimate of drug-likeness (QED) is 0.572. The van der Waals surface area contributed by atoms with Crippen LogP contribution in [0.3, 0.4) is 0 Å². The molecule has 0 saturated carbocycles. The topological polar surface area (TPSA) is 34.1 Å². The van der Waals surface area contributed by atoms with Gasteiger partial charge in [-0.3, -0.25) is 0 Å². The van der Waals surface area contributed by atoms with E-state index in [4.69, 9.17) is 0 Å². The summed E-state index contributed by atoms with van der Waals surface area (Å²) in [7, 11) is -2.83. The van der Waals surface area contributed by atoms with Crippen molar-refractivity contribution >= 4 is 48.4 Å². The molecule has 0 bridgehead atoms. The monoisotopic (exact) mass is 312 g/mol. The first kappa shape index (κ1) is 9.16. The molecule has 0 fully saturated rings. The average molecular weight is 313 g/mol. The summed E-state index contributed by atoms with van der Waals surface area (Å²) < 4.78 is 20.9. The standard InChI is InChI=1S/C3H6BrIO2S/c1-2-8(6,7)3(4)5/h3H,2H2,1H3/t3-/m1/s1. The summed E-state index contributed by atoms with van der Waals surface area (Å²) in [5.41, 5.74) is 0. The van der Waals surface area contributed by atoms with Crippen LogP contribution in [-0.4, -0.2) is 16.3 Å². The van der Waals surface area contributed by atoms with Crippen LogP contribution >= 0.6 is 38.5 Å². The van der Waals surface area contributed by atoms with E-state index in [2.05, 4.69) is 15.9 Å². The molecule has 0 radical (unpaired) electrons. The van der Waals surface area contributed by atoms with Gasteiger partial charge in [-0.15, -0.1) is 0 Å². The molecule has 5 heteroatoms. The molecular weight excluding hydrogens is 307 g/mol. The average Bonchev–Trinajstić information content (AvgIpc) is 1.67. The summed E-state index contributed by atoms with van der Waals surface area (Å²) in [4.78, 5) is 0. The second kappa shape index (κ2) is 3.36. The zero-order chi connectivity index (χ0) is 6.78. The van der Waals surface area contributed by atoms with Gasteiger partial charge in [0, 0.05) is 5.75 Å². The number of hydrogen-bond donors (Lipinski definition) is 0. The van der Waals surface area contributed by atoms with E-state index < -0.39 is 12.0 Å². The second-order valence-corrected chi connectivity index (χ2v) is 8.91. The SMILES string of the molecule is CCS(=O)(=O)[C@H](Br)I. The summed E-state index contributed by atoms with van der Waals surface area (Å²) in [6.45, 7) is 1.63. The van der Waals surface area contributed by atoms with Crippen LogP contribution in [0.2, 0.25) is 0 Å². The molecule has 0 rings (SSSR count). The Balaban J connectivity index is 4.17. The molecule has 2 nitrogen and oxygen atoms in total. The summed E-state index contributed by atoms with van der Waals surface area (Å²) in [5, 5.41) is 0. The molecule has 0 N–H and O–H groups in total. The van der Waals surface area contributed by atoms with Crippen LogP contribution in [0.25, 0.3) is 0 Å². The lowest BCUT2D eigenvalue weighted by molar-refractivity contribution is 0.601. The second-order valence-electron chi connectivity index (χ2n) is 1.21. The highest BCUT2D eigenvalue weighted by Gasteiger charge is 2.15. The van der Waals surface area contributed by atoms with E-state index in [9.17, 15) is 8.42 Å². The number of rotatable bonds is 2. The molecule has 0 unspecified atom stereocenters. The van der Waals surface area contributed by atoms with Crippen molar-refractivity contribution in [2.75, 3.05) is 5.75 Å². The zero-order valence-electron chi connectivity index (χ0n) is 4.27. The van der Waals surface area contributed by atoms with Crippen LogP contribution in [-0.2, 0) is 9.84 Å². The molecule has 0 spiro atoms. The third-order valence-corrected chi connectivity index (χ3v) is 6.05. The normalized spacial score (nSPS) is 15.9. The van der Waals surface area contributed by atoms with Crippen LogP contribution in [0.5, 0.6) is 0 Å². The van der Waals surface area contributed by atoms with Crippen LogP contribution < -0.4 is 0 Å². The molecule has 0 aliphatic heterocycles. The van der Waals surface area contributed by atoms with E-state index in [1.807, 2.05) is 22.6 Å². The maximum Gasteiger partial charge on any atom is 0.172 e. The van der Waals surface area contributed by atoms with Gasteiger partial charge in [0.2, 0.25) is 0 Å². The van der Waals surface area contributed by atoms with E-state index in [1.165, 1.54) is 0 Å². The van der Waals surface area contributed by atoms with E-state index in [-0.39, 0.29) is 5.75 Å². The van der Waals surface area contributed by atoms with E-state index in [1.54, 1.807) is 6.92 Å². The Morgan fingerprint density at radius 1 is 1.75 bits per heavy atom. The number of hydrogen-bond acceptors (Lipinski definition) is 2. The van der Waals surface area contributed by atoms with Gasteiger partial charge in [-0.1, -0.05) is 45.4 Å². The lowest BCUT2D eigenvalue weighted by Crippen LogP contribution is -2.09. The van der Waals surface area contributed by atoms with Gasteiger partial charge < -0.3 is 0 Å². The molecule has 0 aromatic rings. The van der Waals surface area contributed by atoms with Crippen molar-refractivity contribution in [3.8, 4) is 0 Å². The van der Waals surface area contributed by atoms with Gasteiger partial charge in [0.15, 0.2) is 12.0 Å². The molecule has 0 aromatic heterocycles. The Labute approximate surface area is 71.2 Å². The van der Waals surface area contributed by atoms with Crippen LogP contribution in [0.1, 0.15) is 6.92 Å². The predicted molar refractivity (Wildman–Crippen MR) is 46.2 cm³/mol. The molecule has 0 amide bonds. The maximum atomic E-state index is 10.6. The first-order valence-electron chi connectivity index (χ1n) is 2.00. The Morgan fingerprint density at radius 2 is 2.12 bits per heavy atom. The number of alkyl halides is 2. The lowest BCUT2D eigenvalue weighted by atomic mass is 11.0. The predicted octanol–water partition coefficient (Wildman–Crippen LogP) is 1.53. The van der Waals surface area contributed by atoms with Crippen LogP contribution in [0.4, 0.5) is 0 Å². The highest BCUT2D eigenvalue weighted by atomic mass is 127. The molecule has 0 aliphatic rings. The number of sulfone groups is 1. The highest BCUT2D eigenvalue weighted by Crippen LogP contribution is 2.16. The first-order chi connectivity index (χ1) is 3.50. The Hall–Kier alpha value is 1.16. The van der Waals surface area contributed by atoms with Crippen LogP contribution in [0, 0.1) is 0 Å². The van der Waals surface area contributed by atoms with Crippen molar-refractivity contribution in [2.24, 2.45) is 0 Å². The Morgan fingerprint density at radius 3 is 2.12 bits per heavy atom. The lowest BCUT2D eigenvalue weighted by Gasteiger charge is -1.97. The summed E-state index contributed by atoms with van der Waals surface area (Å²) in [5.74, 6) is 0.200. The molecule has 1 atom stereocenters.